The van der Waals surface area contributed by atoms with Gasteiger partial charge in [-0.25, -0.2) is 8.42 Å². The summed E-state index contributed by atoms with van der Waals surface area (Å²) >= 11 is 0. The Labute approximate surface area is 125 Å². The predicted molar refractivity (Wildman–Crippen MR) is 85.7 cm³/mol. The van der Waals surface area contributed by atoms with Crippen LogP contribution in [0.2, 0.25) is 0 Å². The van der Waals surface area contributed by atoms with Crippen molar-refractivity contribution in [1.82, 2.24) is 5.32 Å². The molecule has 112 valence electrons. The third-order valence-corrected chi connectivity index (χ3v) is 4.42. The summed E-state index contributed by atoms with van der Waals surface area (Å²) in [5, 5.41) is 3.31. The summed E-state index contributed by atoms with van der Waals surface area (Å²) in [6.07, 6.45) is 1.21. The first-order valence-electron chi connectivity index (χ1n) is 6.71. The third kappa shape index (κ3) is 4.31. The van der Waals surface area contributed by atoms with E-state index in [1.165, 1.54) is 11.8 Å². The van der Waals surface area contributed by atoms with Gasteiger partial charge in [-0.1, -0.05) is 29.8 Å². The highest BCUT2D eigenvalue weighted by atomic mass is 32.2. The molecule has 0 spiro atoms. The van der Waals surface area contributed by atoms with E-state index < -0.39 is 9.84 Å². The lowest BCUT2D eigenvalue weighted by Gasteiger charge is -2.09. The number of nitrogens with one attached hydrogen (secondary N) is 1. The molecule has 0 bridgehead atoms. The molecule has 2 aromatic rings. The molecule has 0 radical (unpaired) electrons. The Morgan fingerprint density at radius 1 is 1.05 bits per heavy atom. The number of nitrogen functional groups attached to an aromatic ring is 1. The van der Waals surface area contributed by atoms with Gasteiger partial charge in [0.15, 0.2) is 9.84 Å². The van der Waals surface area contributed by atoms with Gasteiger partial charge in [-0.2, -0.15) is 0 Å². The fraction of sp³-hybridized carbons (Fsp3) is 0.250. The van der Waals surface area contributed by atoms with Gasteiger partial charge in [0.05, 0.1) is 4.90 Å². The fourth-order valence-electron chi connectivity index (χ4n) is 2.08. The second-order valence-electron chi connectivity index (χ2n) is 5.22. The van der Waals surface area contributed by atoms with Crippen LogP contribution in [0.3, 0.4) is 0 Å². The Balaban J connectivity index is 1.96. The fourth-order valence-corrected chi connectivity index (χ4v) is 2.71. The van der Waals surface area contributed by atoms with E-state index >= 15 is 0 Å². The second-order valence-corrected chi connectivity index (χ2v) is 7.24. The van der Waals surface area contributed by atoms with E-state index in [4.69, 9.17) is 5.73 Å². The number of hydrogen-bond donors (Lipinski definition) is 2. The molecule has 0 saturated carbocycles. The molecule has 0 aromatic heterocycles. The minimum atomic E-state index is -3.13. The first kappa shape index (κ1) is 15.5. The van der Waals surface area contributed by atoms with Crippen molar-refractivity contribution in [2.45, 2.75) is 24.9 Å². The zero-order valence-corrected chi connectivity index (χ0v) is 13.1. The van der Waals surface area contributed by atoms with Crippen molar-refractivity contribution in [2.75, 3.05) is 12.0 Å². The van der Waals surface area contributed by atoms with Gasteiger partial charge in [-0.15, -0.1) is 0 Å². The molecule has 0 heterocycles. The quantitative estimate of drug-likeness (QED) is 0.831. The van der Waals surface area contributed by atoms with Gasteiger partial charge in [-0.05, 0) is 36.2 Å². The van der Waals surface area contributed by atoms with Crippen LogP contribution in [0.25, 0.3) is 0 Å². The van der Waals surface area contributed by atoms with Gasteiger partial charge in [-0.3, -0.25) is 0 Å². The van der Waals surface area contributed by atoms with Crippen LogP contribution < -0.4 is 11.1 Å². The Kier molecular flexibility index (Phi) is 4.65. The van der Waals surface area contributed by atoms with E-state index in [2.05, 4.69) is 11.4 Å². The maximum atomic E-state index is 11.4. The van der Waals surface area contributed by atoms with E-state index in [1.54, 1.807) is 12.1 Å². The van der Waals surface area contributed by atoms with E-state index in [0.717, 1.165) is 16.8 Å². The number of benzene rings is 2. The molecule has 0 unspecified atom stereocenters. The third-order valence-electron chi connectivity index (χ3n) is 3.29. The summed E-state index contributed by atoms with van der Waals surface area (Å²) < 4.78 is 22.8. The van der Waals surface area contributed by atoms with Gasteiger partial charge in [0, 0.05) is 25.0 Å². The van der Waals surface area contributed by atoms with Gasteiger partial charge in [0.25, 0.3) is 0 Å². The van der Waals surface area contributed by atoms with E-state index in [9.17, 15) is 8.42 Å². The highest BCUT2D eigenvalue weighted by molar-refractivity contribution is 7.90. The van der Waals surface area contributed by atoms with Gasteiger partial charge in [0.2, 0.25) is 0 Å². The van der Waals surface area contributed by atoms with Crippen molar-refractivity contribution in [3.8, 4) is 0 Å². The van der Waals surface area contributed by atoms with Gasteiger partial charge in [0.1, 0.15) is 0 Å². The Morgan fingerprint density at radius 2 is 1.71 bits per heavy atom. The van der Waals surface area contributed by atoms with Gasteiger partial charge < -0.3 is 11.1 Å². The minimum Gasteiger partial charge on any atom is -0.398 e. The summed E-state index contributed by atoms with van der Waals surface area (Å²) in [7, 11) is -3.13. The lowest BCUT2D eigenvalue weighted by molar-refractivity contribution is 0.602. The number of aryl methyl sites for hydroxylation is 1. The van der Waals surface area contributed by atoms with Crippen LogP contribution in [-0.4, -0.2) is 14.7 Å². The van der Waals surface area contributed by atoms with Crippen LogP contribution in [0.1, 0.15) is 16.7 Å². The Morgan fingerprint density at radius 3 is 2.33 bits per heavy atom. The van der Waals surface area contributed by atoms with Crippen LogP contribution in [0.15, 0.2) is 47.4 Å². The van der Waals surface area contributed by atoms with Crippen LogP contribution in [-0.2, 0) is 22.9 Å². The Bertz CT molecular complexity index is 722. The van der Waals surface area contributed by atoms with Crippen LogP contribution in [0.5, 0.6) is 0 Å². The lowest BCUT2D eigenvalue weighted by atomic mass is 10.1. The molecular weight excluding hydrogens is 284 g/mol. The van der Waals surface area contributed by atoms with Crippen molar-refractivity contribution in [3.63, 3.8) is 0 Å². The summed E-state index contributed by atoms with van der Waals surface area (Å²) in [4.78, 5) is 0.342. The summed E-state index contributed by atoms with van der Waals surface area (Å²) in [5.74, 6) is 0. The van der Waals surface area contributed by atoms with Gasteiger partial charge >= 0.3 is 0 Å². The number of hydrogen-bond acceptors (Lipinski definition) is 4. The zero-order chi connectivity index (χ0) is 15.5. The van der Waals surface area contributed by atoms with Crippen molar-refractivity contribution in [3.05, 3.63) is 59.2 Å². The van der Waals surface area contributed by atoms with Crippen LogP contribution in [0, 0.1) is 6.92 Å². The van der Waals surface area contributed by atoms with E-state index in [1.807, 2.05) is 31.2 Å². The SMILES string of the molecule is Cc1ccc(N)c(CNCc2ccc(S(C)(=O)=O)cc2)c1. The zero-order valence-electron chi connectivity index (χ0n) is 12.3. The normalized spacial score (nSPS) is 11.5. The molecular formula is C16H20N2O2S. The number of sulfone groups is 1. The molecule has 21 heavy (non-hydrogen) atoms. The number of anilines is 1. The molecule has 0 aliphatic rings. The minimum absolute atomic E-state index is 0.342. The standard InChI is InChI=1S/C16H20N2O2S/c1-12-3-8-16(17)14(9-12)11-18-10-13-4-6-15(7-5-13)21(2,19)20/h3-9,18H,10-11,17H2,1-2H3. The van der Waals surface area contributed by atoms with Crippen molar-refractivity contribution in [1.29, 1.82) is 0 Å². The van der Waals surface area contributed by atoms with E-state index in [-0.39, 0.29) is 0 Å². The molecule has 0 saturated heterocycles. The molecule has 4 nitrogen and oxygen atoms in total. The maximum Gasteiger partial charge on any atom is 0.175 e. The highest BCUT2D eigenvalue weighted by Crippen LogP contribution is 2.14. The smallest absolute Gasteiger partial charge is 0.175 e. The van der Waals surface area contributed by atoms with Crippen molar-refractivity contribution >= 4 is 15.5 Å². The summed E-state index contributed by atoms with van der Waals surface area (Å²) in [5.41, 5.74) is 10.00. The molecule has 2 rings (SSSR count). The average molecular weight is 304 g/mol. The predicted octanol–water partition coefficient (Wildman–Crippen LogP) is 2.27. The molecule has 5 heteroatoms. The molecule has 0 aliphatic heterocycles. The number of nitrogens with two attached hydrogens (primary N) is 1. The molecule has 3 N–H and O–H groups in total. The number of rotatable bonds is 5. The lowest BCUT2D eigenvalue weighted by Crippen LogP contribution is -2.14. The summed E-state index contributed by atoms with van der Waals surface area (Å²) in [6, 6.07) is 12.9. The first-order chi connectivity index (χ1) is 9.86. The molecule has 0 fully saturated rings. The average Bonchev–Trinajstić information content (AvgIpc) is 2.42. The topological polar surface area (TPSA) is 72.2 Å². The largest absolute Gasteiger partial charge is 0.398 e. The second kappa shape index (κ2) is 6.28. The Hall–Kier alpha value is -1.85. The van der Waals surface area contributed by atoms with Crippen LogP contribution >= 0.6 is 0 Å². The summed E-state index contributed by atoms with van der Waals surface area (Å²) in [6.45, 7) is 3.38. The van der Waals surface area contributed by atoms with Crippen LogP contribution in [0.4, 0.5) is 5.69 Å². The van der Waals surface area contributed by atoms with E-state index in [0.29, 0.717) is 18.0 Å². The highest BCUT2D eigenvalue weighted by Gasteiger charge is 2.06. The molecule has 0 atom stereocenters. The van der Waals surface area contributed by atoms with Crippen molar-refractivity contribution < 1.29 is 8.42 Å². The molecule has 2 aromatic carbocycles. The van der Waals surface area contributed by atoms with Crippen molar-refractivity contribution in [2.24, 2.45) is 0 Å². The monoisotopic (exact) mass is 304 g/mol. The molecule has 0 aliphatic carbocycles. The first-order valence-corrected chi connectivity index (χ1v) is 8.60. The molecule has 0 amide bonds. The maximum absolute atomic E-state index is 11.4.